The highest BCUT2D eigenvalue weighted by Gasteiger charge is 2.22. The minimum absolute atomic E-state index is 0.294. The van der Waals surface area contributed by atoms with E-state index in [-0.39, 0.29) is 5.82 Å². The number of rotatable bonds is 3. The zero-order valence-electron chi connectivity index (χ0n) is 18.0. The molecular weight excluding hydrogens is 383 g/mol. The van der Waals surface area contributed by atoms with Crippen LogP contribution in [0.25, 0.3) is 0 Å². The van der Waals surface area contributed by atoms with Crippen LogP contribution in [-0.2, 0) is 0 Å². The van der Waals surface area contributed by atoms with E-state index in [1.54, 1.807) is 30.1 Å². The summed E-state index contributed by atoms with van der Waals surface area (Å²) in [7, 11) is 3.75. The van der Waals surface area contributed by atoms with Gasteiger partial charge >= 0.3 is 0 Å². The predicted octanol–water partition coefficient (Wildman–Crippen LogP) is 5.68. The van der Waals surface area contributed by atoms with Gasteiger partial charge in [-0.2, -0.15) is 0 Å². The Balaban J connectivity index is 0.000000941. The van der Waals surface area contributed by atoms with Crippen molar-refractivity contribution in [1.29, 1.82) is 0 Å². The van der Waals surface area contributed by atoms with Gasteiger partial charge in [0.05, 0.1) is 17.1 Å². The Morgan fingerprint density at radius 1 is 1.14 bits per heavy atom. The molecule has 1 aromatic heterocycles. The smallest absolute Gasteiger partial charge is 0.132 e. The molecule has 1 N–H and O–H groups in total. The molecule has 1 aliphatic heterocycles. The van der Waals surface area contributed by atoms with Gasteiger partial charge in [0.15, 0.2) is 0 Å². The summed E-state index contributed by atoms with van der Waals surface area (Å²) in [5, 5.41) is 3.61. The maximum Gasteiger partial charge on any atom is 0.132 e. The second-order valence-electron chi connectivity index (χ2n) is 6.78. The lowest BCUT2D eigenvalue weighted by molar-refractivity contribution is 0.625. The Bertz CT molecular complexity index is 948. The molecule has 0 fully saturated rings. The first-order valence-electron chi connectivity index (χ1n) is 9.68. The summed E-state index contributed by atoms with van der Waals surface area (Å²) in [6, 6.07) is 8.66. The molecule has 1 aromatic carbocycles. The average Bonchev–Trinajstić information content (AvgIpc) is 2.85. The number of aliphatic imine (C=N–C) groups is 2. The quantitative estimate of drug-likeness (QED) is 0.705. The average molecular weight is 413 g/mol. The van der Waals surface area contributed by atoms with Crippen molar-refractivity contribution < 1.29 is 4.39 Å². The molecule has 0 saturated carbocycles. The van der Waals surface area contributed by atoms with Gasteiger partial charge in [0, 0.05) is 23.0 Å². The summed E-state index contributed by atoms with van der Waals surface area (Å²) in [5.74, 6) is -0.294. The second-order valence-corrected chi connectivity index (χ2v) is 7.58. The van der Waals surface area contributed by atoms with E-state index in [1.165, 1.54) is 6.07 Å². The minimum atomic E-state index is -0.294. The molecule has 0 saturated heterocycles. The van der Waals surface area contributed by atoms with Crippen LogP contribution in [0.4, 0.5) is 10.1 Å². The van der Waals surface area contributed by atoms with Gasteiger partial charge in [0.2, 0.25) is 0 Å². The standard InChI is InChI=1S/C21H22FN3S.C2H7N/c1-5-8-13(2)19-21(26-4)24-18-11-14(3)23-12-16(18)20(25-19)15-9-6-7-10-17(15)22;1-3-2/h6-7,9-12H,5,8H2,1-4H3;3H,1-2H3/b19-13+;. The van der Waals surface area contributed by atoms with Crippen molar-refractivity contribution in [2.75, 3.05) is 20.4 Å². The number of allylic oxidation sites excluding steroid dienone is 1. The molecule has 0 bridgehead atoms. The summed E-state index contributed by atoms with van der Waals surface area (Å²) < 4.78 is 14.6. The van der Waals surface area contributed by atoms with Crippen molar-refractivity contribution in [1.82, 2.24) is 10.3 Å². The number of hydrogen-bond acceptors (Lipinski definition) is 5. The Hall–Kier alpha value is -2.31. The van der Waals surface area contributed by atoms with E-state index in [9.17, 15) is 4.39 Å². The van der Waals surface area contributed by atoms with E-state index in [4.69, 9.17) is 9.98 Å². The number of fused-ring (bicyclic) bond motifs is 1. The third-order valence-electron chi connectivity index (χ3n) is 4.27. The van der Waals surface area contributed by atoms with Crippen LogP contribution < -0.4 is 5.32 Å². The number of nitrogens with zero attached hydrogens (tertiary/aromatic N) is 3. The third kappa shape index (κ3) is 5.61. The molecule has 6 heteroatoms. The van der Waals surface area contributed by atoms with Gasteiger partial charge in [-0.15, -0.1) is 11.8 Å². The fraction of sp³-hybridized carbons (Fsp3) is 0.348. The molecule has 29 heavy (non-hydrogen) atoms. The van der Waals surface area contributed by atoms with Gasteiger partial charge in [0.1, 0.15) is 10.9 Å². The minimum Gasteiger partial charge on any atom is -0.323 e. The highest BCUT2D eigenvalue weighted by Crippen LogP contribution is 2.32. The van der Waals surface area contributed by atoms with E-state index >= 15 is 0 Å². The fourth-order valence-electron chi connectivity index (χ4n) is 2.97. The summed E-state index contributed by atoms with van der Waals surface area (Å²) in [6.45, 7) is 6.14. The van der Waals surface area contributed by atoms with E-state index in [0.717, 1.165) is 46.1 Å². The predicted molar refractivity (Wildman–Crippen MR) is 124 cm³/mol. The Labute approximate surface area is 177 Å². The Kier molecular flexibility index (Phi) is 8.73. The Morgan fingerprint density at radius 2 is 1.83 bits per heavy atom. The van der Waals surface area contributed by atoms with Crippen molar-refractivity contribution in [3.05, 3.63) is 70.4 Å². The number of pyridine rings is 1. The molecule has 4 nitrogen and oxygen atoms in total. The van der Waals surface area contributed by atoms with Crippen LogP contribution in [0.1, 0.15) is 43.5 Å². The maximum absolute atomic E-state index is 14.6. The van der Waals surface area contributed by atoms with Gasteiger partial charge < -0.3 is 5.32 Å². The second kappa shape index (κ2) is 11.0. The highest BCUT2D eigenvalue weighted by molar-refractivity contribution is 8.13. The number of nitrogens with one attached hydrogen (secondary N) is 1. The van der Waals surface area contributed by atoms with Crippen molar-refractivity contribution in [3.63, 3.8) is 0 Å². The van der Waals surface area contributed by atoms with Crippen LogP contribution in [0.5, 0.6) is 0 Å². The van der Waals surface area contributed by atoms with Crippen LogP contribution in [0.2, 0.25) is 0 Å². The normalized spacial score (nSPS) is 14.7. The zero-order chi connectivity index (χ0) is 21.4. The first-order chi connectivity index (χ1) is 14.0. The van der Waals surface area contributed by atoms with Crippen molar-refractivity contribution in [2.24, 2.45) is 9.98 Å². The van der Waals surface area contributed by atoms with Crippen LogP contribution in [0.15, 0.2) is 57.8 Å². The number of aryl methyl sites for hydroxylation is 1. The molecule has 0 unspecified atom stereocenters. The number of hydrogen-bond donors (Lipinski definition) is 1. The third-order valence-corrected chi connectivity index (χ3v) is 4.95. The van der Waals surface area contributed by atoms with E-state index in [2.05, 4.69) is 24.1 Å². The molecule has 2 heterocycles. The first kappa shape index (κ1) is 23.0. The first-order valence-corrected chi connectivity index (χ1v) is 10.9. The molecule has 0 aliphatic carbocycles. The molecular formula is C23H29FN4S. The molecule has 0 atom stereocenters. The topological polar surface area (TPSA) is 49.6 Å². The molecule has 1 aliphatic rings. The fourth-order valence-corrected chi connectivity index (χ4v) is 3.58. The molecule has 3 rings (SSSR count). The summed E-state index contributed by atoms with van der Waals surface area (Å²) in [6.07, 6.45) is 5.69. The van der Waals surface area contributed by atoms with Gasteiger partial charge in [-0.05, 0) is 64.4 Å². The monoisotopic (exact) mass is 412 g/mol. The molecule has 0 amide bonds. The van der Waals surface area contributed by atoms with Crippen LogP contribution >= 0.6 is 11.8 Å². The van der Waals surface area contributed by atoms with Crippen molar-refractivity contribution in [2.45, 2.75) is 33.6 Å². The van der Waals surface area contributed by atoms with Crippen LogP contribution in [0.3, 0.4) is 0 Å². The number of thioether (sulfide) groups is 1. The lowest BCUT2D eigenvalue weighted by atomic mass is 10.0. The highest BCUT2D eigenvalue weighted by atomic mass is 32.2. The number of benzene rings is 1. The van der Waals surface area contributed by atoms with Crippen LogP contribution in [-0.4, -0.2) is 36.1 Å². The maximum atomic E-state index is 14.6. The molecule has 2 aromatic rings. The largest absolute Gasteiger partial charge is 0.323 e. The molecule has 0 spiro atoms. The molecule has 154 valence electrons. The van der Waals surface area contributed by atoms with E-state index < -0.39 is 0 Å². The number of aromatic nitrogens is 1. The van der Waals surface area contributed by atoms with Crippen LogP contribution in [0, 0.1) is 12.7 Å². The van der Waals surface area contributed by atoms with Crippen molar-refractivity contribution in [3.8, 4) is 0 Å². The van der Waals surface area contributed by atoms with Gasteiger partial charge in [-0.3, -0.25) is 4.98 Å². The van der Waals surface area contributed by atoms with Gasteiger partial charge in [-0.25, -0.2) is 14.4 Å². The lowest BCUT2D eigenvalue weighted by Crippen LogP contribution is -2.08. The summed E-state index contributed by atoms with van der Waals surface area (Å²) in [4.78, 5) is 14.2. The lowest BCUT2D eigenvalue weighted by Gasteiger charge is -2.10. The number of halogens is 1. The van der Waals surface area contributed by atoms with Gasteiger partial charge in [0.25, 0.3) is 0 Å². The Morgan fingerprint density at radius 3 is 2.45 bits per heavy atom. The van der Waals surface area contributed by atoms with E-state index in [0.29, 0.717) is 11.3 Å². The zero-order valence-corrected chi connectivity index (χ0v) is 18.8. The summed E-state index contributed by atoms with van der Waals surface area (Å²) >= 11 is 1.56. The van der Waals surface area contributed by atoms with E-state index in [1.807, 2.05) is 39.4 Å². The SMILES string of the molecule is CCC/C(C)=C1/N=C(c2ccccc2F)c2cnc(C)cc2N=C1SC.CNC. The van der Waals surface area contributed by atoms with Gasteiger partial charge in [-0.1, -0.05) is 25.5 Å². The molecule has 0 radical (unpaired) electrons. The van der Waals surface area contributed by atoms with Crippen molar-refractivity contribution >= 4 is 28.2 Å². The summed E-state index contributed by atoms with van der Waals surface area (Å²) in [5.41, 5.74) is 5.47.